The second-order valence-corrected chi connectivity index (χ2v) is 5.74. The van der Waals surface area contributed by atoms with Gasteiger partial charge in [-0.15, -0.1) is 0 Å². The van der Waals surface area contributed by atoms with Gasteiger partial charge < -0.3 is 10.2 Å². The van der Waals surface area contributed by atoms with Gasteiger partial charge in [-0.05, 0) is 57.1 Å². The molecule has 2 rings (SSSR count). The highest BCUT2D eigenvalue weighted by molar-refractivity contribution is 6.30. The van der Waals surface area contributed by atoms with E-state index in [4.69, 9.17) is 11.6 Å². The summed E-state index contributed by atoms with van der Waals surface area (Å²) in [4.78, 5) is 14.5. The minimum absolute atomic E-state index is 0.00635. The lowest BCUT2D eigenvalue weighted by molar-refractivity contribution is 0.0928. The number of nitrogens with one attached hydrogen (secondary N) is 1. The molecule has 1 amide bonds. The van der Waals surface area contributed by atoms with Gasteiger partial charge in [-0.1, -0.05) is 18.0 Å². The number of likely N-dealkylation sites (N-methyl/N-ethyl adjacent to an activating group) is 1. The summed E-state index contributed by atoms with van der Waals surface area (Å²) in [6.07, 6.45) is 3.68. The van der Waals surface area contributed by atoms with Crippen LogP contribution in [0.15, 0.2) is 18.2 Å². The number of aryl methyl sites for hydroxylation is 1. The van der Waals surface area contributed by atoms with Crippen LogP contribution in [0, 0.1) is 6.92 Å². The maximum absolute atomic E-state index is 12.2. The zero-order chi connectivity index (χ0) is 13.8. The van der Waals surface area contributed by atoms with Crippen molar-refractivity contribution in [1.82, 2.24) is 10.2 Å². The lowest BCUT2D eigenvalue weighted by Gasteiger charge is -2.32. The Morgan fingerprint density at radius 1 is 1.47 bits per heavy atom. The Balaban J connectivity index is 1.93. The molecular weight excluding hydrogens is 260 g/mol. The van der Waals surface area contributed by atoms with E-state index >= 15 is 0 Å². The molecule has 4 heteroatoms. The number of piperidine rings is 1. The monoisotopic (exact) mass is 280 g/mol. The molecule has 0 radical (unpaired) electrons. The third-order valence-corrected chi connectivity index (χ3v) is 4.09. The fourth-order valence-electron chi connectivity index (χ4n) is 2.59. The summed E-state index contributed by atoms with van der Waals surface area (Å²) in [6, 6.07) is 5.84. The van der Waals surface area contributed by atoms with E-state index in [0.29, 0.717) is 16.6 Å². The third kappa shape index (κ3) is 3.71. The first kappa shape index (κ1) is 14.4. The number of likely N-dealkylation sites (tertiary alicyclic amines) is 1. The maximum Gasteiger partial charge on any atom is 0.251 e. The minimum Gasteiger partial charge on any atom is -0.350 e. The lowest BCUT2D eigenvalue weighted by Crippen LogP contribution is -2.44. The molecule has 0 aliphatic carbocycles. The highest BCUT2D eigenvalue weighted by atomic mass is 35.5. The van der Waals surface area contributed by atoms with Crippen LogP contribution < -0.4 is 5.32 Å². The molecule has 1 atom stereocenters. The highest BCUT2D eigenvalue weighted by Gasteiger charge is 2.19. The molecule has 19 heavy (non-hydrogen) atoms. The summed E-state index contributed by atoms with van der Waals surface area (Å²) >= 11 is 5.90. The Hall–Kier alpha value is -1.06. The molecule has 1 saturated heterocycles. The zero-order valence-electron chi connectivity index (χ0n) is 11.6. The van der Waals surface area contributed by atoms with Crippen LogP contribution in [0.2, 0.25) is 5.02 Å². The van der Waals surface area contributed by atoms with Crippen molar-refractivity contribution >= 4 is 17.5 Å². The van der Waals surface area contributed by atoms with Gasteiger partial charge in [0.05, 0.1) is 0 Å². The summed E-state index contributed by atoms with van der Waals surface area (Å²) in [6.45, 7) is 3.76. The van der Waals surface area contributed by atoms with Gasteiger partial charge in [-0.3, -0.25) is 4.79 Å². The minimum atomic E-state index is -0.00635. The highest BCUT2D eigenvalue weighted by Crippen LogP contribution is 2.16. The first-order valence-electron chi connectivity index (χ1n) is 6.82. The van der Waals surface area contributed by atoms with Crippen LogP contribution in [-0.4, -0.2) is 37.0 Å². The number of hydrogen-bond acceptors (Lipinski definition) is 2. The molecule has 1 aliphatic heterocycles. The molecule has 1 heterocycles. The van der Waals surface area contributed by atoms with E-state index in [-0.39, 0.29) is 5.91 Å². The van der Waals surface area contributed by atoms with Crippen molar-refractivity contribution in [3.8, 4) is 0 Å². The van der Waals surface area contributed by atoms with Crippen LogP contribution in [0.25, 0.3) is 0 Å². The molecule has 0 aromatic heterocycles. The topological polar surface area (TPSA) is 32.3 Å². The van der Waals surface area contributed by atoms with Crippen LogP contribution in [0.4, 0.5) is 0 Å². The van der Waals surface area contributed by atoms with E-state index < -0.39 is 0 Å². The number of nitrogens with zero attached hydrogens (tertiary/aromatic N) is 1. The molecule has 3 nitrogen and oxygen atoms in total. The van der Waals surface area contributed by atoms with Crippen molar-refractivity contribution in [1.29, 1.82) is 0 Å². The van der Waals surface area contributed by atoms with Crippen molar-refractivity contribution in [2.45, 2.75) is 32.2 Å². The molecule has 1 aromatic carbocycles. The second kappa shape index (κ2) is 6.40. The van der Waals surface area contributed by atoms with Crippen molar-refractivity contribution in [3.05, 3.63) is 34.3 Å². The summed E-state index contributed by atoms with van der Waals surface area (Å²) in [5.41, 5.74) is 1.63. The van der Waals surface area contributed by atoms with Gasteiger partial charge in [0.15, 0.2) is 0 Å². The zero-order valence-corrected chi connectivity index (χ0v) is 12.3. The van der Waals surface area contributed by atoms with Gasteiger partial charge in [0.25, 0.3) is 5.91 Å². The second-order valence-electron chi connectivity index (χ2n) is 5.30. The Kier molecular flexibility index (Phi) is 4.83. The number of benzene rings is 1. The first-order valence-corrected chi connectivity index (χ1v) is 7.20. The molecule has 1 aliphatic rings. The SMILES string of the molecule is Cc1cc(Cl)ccc1C(=O)NCC1CCCCN1C. The van der Waals surface area contributed by atoms with Crippen LogP contribution in [-0.2, 0) is 0 Å². The predicted octanol–water partition coefficient (Wildman–Crippen LogP) is 2.86. The third-order valence-electron chi connectivity index (χ3n) is 3.85. The normalized spacial score (nSPS) is 20.3. The average Bonchev–Trinajstić information content (AvgIpc) is 2.37. The van der Waals surface area contributed by atoms with E-state index in [1.165, 1.54) is 12.8 Å². The van der Waals surface area contributed by atoms with Crippen molar-refractivity contribution < 1.29 is 4.79 Å². The van der Waals surface area contributed by atoms with Gasteiger partial charge in [0, 0.05) is 23.2 Å². The fraction of sp³-hybridized carbons (Fsp3) is 0.533. The average molecular weight is 281 g/mol. The van der Waals surface area contributed by atoms with Gasteiger partial charge in [0.2, 0.25) is 0 Å². The Bertz CT molecular complexity index is 461. The molecule has 0 bridgehead atoms. The molecule has 104 valence electrons. The quantitative estimate of drug-likeness (QED) is 0.923. The summed E-state index contributed by atoms with van der Waals surface area (Å²) in [5.74, 6) is -0.00635. The summed E-state index contributed by atoms with van der Waals surface area (Å²) in [7, 11) is 2.13. The van der Waals surface area contributed by atoms with E-state index in [1.807, 2.05) is 13.0 Å². The Morgan fingerprint density at radius 3 is 2.95 bits per heavy atom. The molecule has 0 spiro atoms. The number of rotatable bonds is 3. The number of amides is 1. The molecule has 0 saturated carbocycles. The van der Waals surface area contributed by atoms with E-state index in [9.17, 15) is 4.79 Å². The molecule has 1 unspecified atom stereocenters. The van der Waals surface area contributed by atoms with Gasteiger partial charge >= 0.3 is 0 Å². The maximum atomic E-state index is 12.2. The molecular formula is C15H21ClN2O. The molecule has 1 N–H and O–H groups in total. The summed E-state index contributed by atoms with van der Waals surface area (Å²) in [5, 5.41) is 3.70. The smallest absolute Gasteiger partial charge is 0.251 e. The van der Waals surface area contributed by atoms with Crippen molar-refractivity contribution in [2.24, 2.45) is 0 Å². The fourth-order valence-corrected chi connectivity index (χ4v) is 2.82. The molecule has 1 aromatic rings. The van der Waals surface area contributed by atoms with Crippen molar-refractivity contribution in [2.75, 3.05) is 20.1 Å². The lowest BCUT2D eigenvalue weighted by atomic mass is 10.0. The molecule has 1 fully saturated rings. The largest absolute Gasteiger partial charge is 0.350 e. The Labute approximate surface area is 119 Å². The van der Waals surface area contributed by atoms with E-state index in [2.05, 4.69) is 17.3 Å². The number of halogens is 1. The first-order chi connectivity index (χ1) is 9.08. The standard InChI is InChI=1S/C15H21ClN2O/c1-11-9-12(16)6-7-14(11)15(19)17-10-13-5-3-4-8-18(13)2/h6-7,9,13H,3-5,8,10H2,1-2H3,(H,17,19). The Morgan fingerprint density at radius 2 is 2.26 bits per heavy atom. The summed E-state index contributed by atoms with van der Waals surface area (Å²) < 4.78 is 0. The number of hydrogen-bond donors (Lipinski definition) is 1. The van der Waals surface area contributed by atoms with Crippen LogP contribution in [0.3, 0.4) is 0 Å². The van der Waals surface area contributed by atoms with Crippen molar-refractivity contribution in [3.63, 3.8) is 0 Å². The number of carbonyl (C=O) groups is 1. The number of carbonyl (C=O) groups excluding carboxylic acids is 1. The van der Waals surface area contributed by atoms with Gasteiger partial charge in [0.1, 0.15) is 0 Å². The van der Waals surface area contributed by atoms with Crippen LogP contribution >= 0.6 is 11.6 Å². The van der Waals surface area contributed by atoms with E-state index in [1.54, 1.807) is 12.1 Å². The van der Waals surface area contributed by atoms with Crippen LogP contribution in [0.1, 0.15) is 35.2 Å². The predicted molar refractivity (Wildman–Crippen MR) is 78.8 cm³/mol. The van der Waals surface area contributed by atoms with Gasteiger partial charge in [-0.2, -0.15) is 0 Å². The van der Waals surface area contributed by atoms with E-state index in [0.717, 1.165) is 25.1 Å². The van der Waals surface area contributed by atoms with Crippen LogP contribution in [0.5, 0.6) is 0 Å². The van der Waals surface area contributed by atoms with Gasteiger partial charge in [-0.25, -0.2) is 0 Å².